The molecule has 0 aliphatic carbocycles. The molecule has 0 saturated carbocycles. The van der Waals surface area contributed by atoms with Crippen LogP contribution in [0.25, 0.3) is 0 Å². The maximum absolute atomic E-state index is 10.6. The third kappa shape index (κ3) is 18.7. The minimum Gasteiger partial charge on any atom is -0.872 e. The molecule has 0 amide bonds. The molecule has 2 aliphatic rings. The van der Waals surface area contributed by atoms with Gasteiger partial charge in [-0.15, -0.1) is 0 Å². The van der Waals surface area contributed by atoms with Gasteiger partial charge in [-0.05, 0) is 0 Å². The maximum atomic E-state index is 10.6. The van der Waals surface area contributed by atoms with Crippen LogP contribution >= 0.6 is 0 Å². The van der Waals surface area contributed by atoms with E-state index in [1.54, 1.807) is 0 Å². The van der Waals surface area contributed by atoms with Crippen molar-refractivity contribution >= 4 is 74.3 Å². The zero-order valence-corrected chi connectivity index (χ0v) is 16.5. The Hall–Kier alpha value is 1.90. The van der Waals surface area contributed by atoms with E-state index in [2.05, 4.69) is 27.4 Å². The SMILES string of the molecule is O.O.O.O.O.O.O.O.[Ca+2].[Na+].[O-]B([O-])OB1OB2OB([O-])OB(O1)O2. The van der Waals surface area contributed by atoms with Crippen LogP contribution in [0, 0.1) is 0 Å². The van der Waals surface area contributed by atoms with Gasteiger partial charge in [-0.25, -0.2) is 0 Å². The molecule has 16 N–H and O–H groups in total. The maximum Gasteiger partial charge on any atom is 2.00 e. The summed E-state index contributed by atoms with van der Waals surface area (Å²) in [5, 5.41) is 30.8. The number of hydrogen-bond donors (Lipinski definition) is 0. The van der Waals surface area contributed by atoms with Crippen LogP contribution in [0.2, 0.25) is 0 Å². The zero-order valence-electron chi connectivity index (χ0n) is 12.3. The van der Waals surface area contributed by atoms with Gasteiger partial charge in [0.25, 0.3) is 0 Å². The van der Waals surface area contributed by atoms with E-state index in [1.165, 1.54) is 0 Å². The first kappa shape index (κ1) is 56.2. The summed E-state index contributed by atoms with van der Waals surface area (Å²) in [6.07, 6.45) is 0. The van der Waals surface area contributed by atoms with E-state index in [-0.39, 0.29) is 111 Å². The molecule has 136 valence electrons. The summed E-state index contributed by atoms with van der Waals surface area (Å²) in [5.74, 6) is 0. The smallest absolute Gasteiger partial charge is 0.872 e. The van der Waals surface area contributed by atoms with E-state index in [0.29, 0.717) is 0 Å². The fourth-order valence-electron chi connectivity index (χ4n) is 0.865. The van der Waals surface area contributed by atoms with E-state index >= 15 is 0 Å². The predicted molar refractivity (Wildman–Crippen MR) is 69.9 cm³/mol. The first-order valence-electron chi connectivity index (χ1n) is 3.54. The van der Waals surface area contributed by atoms with Gasteiger partial charge in [0, 0.05) is 7.32 Å². The van der Waals surface area contributed by atoms with E-state index in [1.807, 2.05) is 0 Å². The van der Waals surface area contributed by atoms with E-state index in [4.69, 9.17) is 0 Å². The molecule has 2 aliphatic heterocycles. The Balaban J connectivity index is -0.0000000321. The summed E-state index contributed by atoms with van der Waals surface area (Å²) in [4.78, 5) is 0. The third-order valence-corrected chi connectivity index (χ3v) is 1.33. The molecule has 0 aromatic rings. The summed E-state index contributed by atoms with van der Waals surface area (Å²) in [7, 11) is -8.69. The molecule has 0 aromatic carbocycles. The van der Waals surface area contributed by atoms with Gasteiger partial charge < -0.3 is 86.3 Å². The van der Waals surface area contributed by atoms with Crippen molar-refractivity contribution < 1.29 is 116 Å². The molecule has 24 heavy (non-hydrogen) atoms. The molecule has 0 radical (unpaired) electrons. The van der Waals surface area contributed by atoms with Crippen molar-refractivity contribution in [3.05, 3.63) is 0 Å². The van der Waals surface area contributed by atoms with Crippen molar-refractivity contribution in [2.24, 2.45) is 0 Å². The fraction of sp³-hybridized carbons (Fsp3) is 0. The Morgan fingerprint density at radius 1 is 0.667 bits per heavy atom. The van der Waals surface area contributed by atoms with Gasteiger partial charge in [-0.2, -0.15) is 0 Å². The standard InChI is InChI=1S/B5O9.Ca.Na.8H2O/c6-1(7)9-3-12-4-10-2(8)11-5(13-3)14-4;;;;;;;;;;/h;;;8*1H2/q-3;+2;+1;;;;;;;;. The normalized spacial score (nSPS) is 12.6. The molecule has 2 rings (SSSR count). The molecule has 0 atom stereocenters. The van der Waals surface area contributed by atoms with Crippen LogP contribution in [0.4, 0.5) is 0 Å². The van der Waals surface area contributed by atoms with Crippen molar-refractivity contribution in [1.82, 2.24) is 0 Å². The summed E-state index contributed by atoms with van der Waals surface area (Å²) in [6.45, 7) is 0. The molecule has 0 spiro atoms. The quantitative estimate of drug-likeness (QED) is 0.392. The first-order valence-corrected chi connectivity index (χ1v) is 3.54. The Morgan fingerprint density at radius 3 is 1.29 bits per heavy atom. The fourth-order valence-corrected chi connectivity index (χ4v) is 0.865. The first-order chi connectivity index (χ1) is 6.63. The summed E-state index contributed by atoms with van der Waals surface area (Å²) in [5.41, 5.74) is 0. The molecule has 0 aromatic heterocycles. The van der Waals surface area contributed by atoms with Gasteiger partial charge in [-0.3, -0.25) is 0 Å². The third-order valence-electron chi connectivity index (χ3n) is 1.33. The van der Waals surface area contributed by atoms with Crippen LogP contribution in [0.5, 0.6) is 0 Å². The summed E-state index contributed by atoms with van der Waals surface area (Å²) < 4.78 is 26.6. The van der Waals surface area contributed by atoms with Crippen molar-refractivity contribution in [3.63, 3.8) is 0 Å². The second-order valence-electron chi connectivity index (χ2n) is 2.26. The predicted octanol–water partition coefficient (Wildman–Crippen LogP) is -15.9. The average molecular weight is 405 g/mol. The molecule has 2 saturated heterocycles. The largest absolute Gasteiger partial charge is 2.00 e. The van der Waals surface area contributed by atoms with E-state index in [0.717, 1.165) is 0 Å². The van der Waals surface area contributed by atoms with E-state index < -0.39 is 36.6 Å². The Kier molecular flexibility index (Phi) is 63.5. The van der Waals surface area contributed by atoms with Crippen molar-refractivity contribution in [3.8, 4) is 0 Å². The number of rotatable bonds is 2. The molecule has 17 nitrogen and oxygen atoms in total. The number of fused-ring (bicyclic) bond motifs is 2. The van der Waals surface area contributed by atoms with Crippen LogP contribution in [-0.4, -0.2) is 118 Å². The monoisotopic (exact) mass is 406 g/mol. The van der Waals surface area contributed by atoms with E-state index in [9.17, 15) is 15.1 Å². The van der Waals surface area contributed by atoms with Gasteiger partial charge in [0.15, 0.2) is 0 Å². The minimum absolute atomic E-state index is 0. The molecule has 0 unspecified atom stereocenters. The van der Waals surface area contributed by atoms with Crippen LogP contribution in [0.1, 0.15) is 0 Å². The van der Waals surface area contributed by atoms with Gasteiger partial charge in [0.1, 0.15) is 0 Å². The van der Waals surface area contributed by atoms with Gasteiger partial charge >= 0.3 is 96.6 Å². The van der Waals surface area contributed by atoms with Crippen molar-refractivity contribution in [1.29, 1.82) is 0 Å². The van der Waals surface area contributed by atoms with Crippen LogP contribution < -0.4 is 44.6 Å². The van der Waals surface area contributed by atoms with Crippen molar-refractivity contribution in [2.45, 2.75) is 0 Å². The molecule has 2 fully saturated rings. The van der Waals surface area contributed by atoms with Gasteiger partial charge in [0.05, 0.1) is 0 Å². The molecular formula is H16B5CaNaO17. The Morgan fingerprint density at radius 2 is 1.00 bits per heavy atom. The summed E-state index contributed by atoms with van der Waals surface area (Å²) in [6, 6.07) is 0. The zero-order chi connectivity index (χ0) is 10.1. The second-order valence-corrected chi connectivity index (χ2v) is 2.26. The van der Waals surface area contributed by atoms with Crippen LogP contribution in [-0.2, 0) is 27.4 Å². The molecular weight excluding hydrogens is 389 g/mol. The van der Waals surface area contributed by atoms with Crippen molar-refractivity contribution in [2.75, 3.05) is 0 Å². The van der Waals surface area contributed by atoms with Gasteiger partial charge in [0.2, 0.25) is 0 Å². The van der Waals surface area contributed by atoms with Crippen LogP contribution in [0.15, 0.2) is 0 Å². The number of hydrogen-bond acceptors (Lipinski definition) is 9. The minimum atomic E-state index is -2.58. The summed E-state index contributed by atoms with van der Waals surface area (Å²) >= 11 is 0. The molecule has 2 heterocycles. The Labute approximate surface area is 188 Å². The van der Waals surface area contributed by atoms with Crippen LogP contribution in [0.3, 0.4) is 0 Å². The molecule has 2 bridgehead atoms. The average Bonchev–Trinajstić information content (AvgIpc) is 1.99. The molecule has 24 heteroatoms. The second kappa shape index (κ2) is 27.1. The topological polar surface area (TPSA) is 377 Å². The Bertz CT molecular complexity index is 193. The van der Waals surface area contributed by atoms with Gasteiger partial charge in [-0.1, -0.05) is 0 Å².